The number of amides is 1. The third-order valence-electron chi connectivity index (χ3n) is 2.32. The van der Waals surface area contributed by atoms with Crippen molar-refractivity contribution in [2.24, 2.45) is 0 Å². The first-order valence-corrected chi connectivity index (χ1v) is 5.24. The van der Waals surface area contributed by atoms with Crippen molar-refractivity contribution >= 4 is 5.91 Å². The molecule has 1 aromatic rings. The Labute approximate surface area is 89.1 Å². The van der Waals surface area contributed by atoms with Gasteiger partial charge < -0.3 is 10.6 Å². The van der Waals surface area contributed by atoms with Crippen molar-refractivity contribution in [3.05, 3.63) is 30.1 Å². The Kier molecular flexibility index (Phi) is 3.29. The lowest BCUT2D eigenvalue weighted by atomic mass is 10.3. The Morgan fingerprint density at radius 2 is 2.33 bits per heavy atom. The van der Waals surface area contributed by atoms with Crippen molar-refractivity contribution in [2.75, 3.05) is 6.54 Å². The summed E-state index contributed by atoms with van der Waals surface area (Å²) >= 11 is 0. The lowest BCUT2D eigenvalue weighted by molar-refractivity contribution is -0.120. The summed E-state index contributed by atoms with van der Waals surface area (Å²) in [7, 11) is 0. The molecule has 1 aliphatic rings. The smallest absolute Gasteiger partial charge is 0.234 e. The van der Waals surface area contributed by atoms with E-state index < -0.39 is 0 Å². The molecule has 0 bridgehead atoms. The molecule has 2 N–H and O–H groups in total. The van der Waals surface area contributed by atoms with E-state index in [1.807, 2.05) is 18.2 Å². The second-order valence-corrected chi connectivity index (χ2v) is 3.75. The normalized spacial score (nSPS) is 14.9. The van der Waals surface area contributed by atoms with Crippen molar-refractivity contribution in [2.45, 2.75) is 25.4 Å². The SMILES string of the molecule is O=C(CNC1CC1)NCc1ccccn1. The van der Waals surface area contributed by atoms with Gasteiger partial charge in [-0.2, -0.15) is 0 Å². The Balaban J connectivity index is 1.66. The van der Waals surface area contributed by atoms with Crippen molar-refractivity contribution in [3.8, 4) is 0 Å². The molecule has 1 aliphatic carbocycles. The lowest BCUT2D eigenvalue weighted by Gasteiger charge is -2.05. The number of carbonyl (C=O) groups excluding carboxylic acids is 1. The first kappa shape index (κ1) is 10.1. The van der Waals surface area contributed by atoms with Gasteiger partial charge >= 0.3 is 0 Å². The number of pyridine rings is 1. The first-order chi connectivity index (χ1) is 7.34. The molecule has 0 spiro atoms. The number of nitrogens with one attached hydrogen (secondary N) is 2. The molecule has 1 aromatic heterocycles. The maximum Gasteiger partial charge on any atom is 0.234 e. The molecule has 0 aromatic carbocycles. The summed E-state index contributed by atoms with van der Waals surface area (Å²) in [5, 5.41) is 5.98. The summed E-state index contributed by atoms with van der Waals surface area (Å²) in [6.07, 6.45) is 4.13. The predicted octanol–water partition coefficient (Wildman–Crippen LogP) is 0.450. The fraction of sp³-hybridized carbons (Fsp3) is 0.455. The van der Waals surface area contributed by atoms with Crippen LogP contribution in [0, 0.1) is 0 Å². The monoisotopic (exact) mass is 205 g/mol. The lowest BCUT2D eigenvalue weighted by Crippen LogP contribution is -2.34. The van der Waals surface area contributed by atoms with E-state index in [-0.39, 0.29) is 5.91 Å². The number of carbonyl (C=O) groups is 1. The Hall–Kier alpha value is -1.42. The van der Waals surface area contributed by atoms with Crippen LogP contribution in [0.3, 0.4) is 0 Å². The molecular formula is C11H15N3O. The molecule has 4 nitrogen and oxygen atoms in total. The zero-order chi connectivity index (χ0) is 10.5. The summed E-state index contributed by atoms with van der Waals surface area (Å²) in [4.78, 5) is 15.5. The minimum Gasteiger partial charge on any atom is -0.349 e. The van der Waals surface area contributed by atoms with Gasteiger partial charge in [-0.05, 0) is 25.0 Å². The second-order valence-electron chi connectivity index (χ2n) is 3.75. The van der Waals surface area contributed by atoms with Crippen LogP contribution in [0.1, 0.15) is 18.5 Å². The van der Waals surface area contributed by atoms with E-state index in [0.717, 1.165) is 5.69 Å². The van der Waals surface area contributed by atoms with E-state index in [2.05, 4.69) is 15.6 Å². The highest BCUT2D eigenvalue weighted by Gasteiger charge is 2.20. The van der Waals surface area contributed by atoms with Crippen molar-refractivity contribution in [1.29, 1.82) is 0 Å². The average Bonchev–Trinajstić information content (AvgIpc) is 3.09. The van der Waals surface area contributed by atoms with E-state index in [1.165, 1.54) is 12.8 Å². The summed E-state index contributed by atoms with van der Waals surface area (Å²) in [5.74, 6) is 0.0348. The van der Waals surface area contributed by atoms with E-state index in [4.69, 9.17) is 0 Å². The zero-order valence-electron chi connectivity index (χ0n) is 8.57. The molecule has 0 atom stereocenters. The molecule has 0 unspecified atom stereocenters. The Morgan fingerprint density at radius 3 is 3.00 bits per heavy atom. The summed E-state index contributed by atoms with van der Waals surface area (Å²) in [6.45, 7) is 0.920. The van der Waals surface area contributed by atoms with Crippen molar-refractivity contribution in [1.82, 2.24) is 15.6 Å². The van der Waals surface area contributed by atoms with Gasteiger partial charge in [0.05, 0.1) is 18.8 Å². The topological polar surface area (TPSA) is 54.0 Å². The number of hydrogen-bond acceptors (Lipinski definition) is 3. The fourth-order valence-corrected chi connectivity index (χ4v) is 1.28. The molecule has 2 rings (SSSR count). The van der Waals surface area contributed by atoms with Crippen LogP contribution < -0.4 is 10.6 Å². The molecule has 80 valence electrons. The Bertz CT molecular complexity index is 322. The Morgan fingerprint density at radius 1 is 1.47 bits per heavy atom. The highest BCUT2D eigenvalue weighted by atomic mass is 16.1. The molecule has 0 saturated heterocycles. The van der Waals surface area contributed by atoms with Crippen molar-refractivity contribution in [3.63, 3.8) is 0 Å². The fourth-order valence-electron chi connectivity index (χ4n) is 1.28. The van der Waals surface area contributed by atoms with E-state index >= 15 is 0 Å². The van der Waals surface area contributed by atoms with Gasteiger partial charge in [-0.1, -0.05) is 6.07 Å². The molecule has 1 saturated carbocycles. The van der Waals surface area contributed by atoms with Crippen molar-refractivity contribution < 1.29 is 4.79 Å². The molecule has 1 amide bonds. The molecule has 1 fully saturated rings. The quantitative estimate of drug-likeness (QED) is 0.734. The first-order valence-electron chi connectivity index (χ1n) is 5.24. The molecule has 15 heavy (non-hydrogen) atoms. The van der Waals surface area contributed by atoms with E-state index in [1.54, 1.807) is 6.20 Å². The van der Waals surface area contributed by atoms with Crippen LogP contribution >= 0.6 is 0 Å². The van der Waals surface area contributed by atoms with Gasteiger partial charge in [-0.3, -0.25) is 9.78 Å². The maximum atomic E-state index is 11.3. The van der Waals surface area contributed by atoms with Crippen LogP contribution in [-0.4, -0.2) is 23.5 Å². The third-order valence-corrected chi connectivity index (χ3v) is 2.32. The van der Waals surface area contributed by atoms with Crippen LogP contribution in [-0.2, 0) is 11.3 Å². The van der Waals surface area contributed by atoms with Gasteiger partial charge in [0.2, 0.25) is 5.91 Å². The van der Waals surface area contributed by atoms with Gasteiger partial charge in [0.25, 0.3) is 0 Å². The minimum atomic E-state index is 0.0348. The third kappa shape index (κ3) is 3.67. The zero-order valence-corrected chi connectivity index (χ0v) is 8.57. The molecule has 0 aliphatic heterocycles. The van der Waals surface area contributed by atoms with Gasteiger partial charge in [0.1, 0.15) is 0 Å². The summed E-state index contributed by atoms with van der Waals surface area (Å²) in [5.41, 5.74) is 0.886. The molecule has 1 heterocycles. The standard InChI is InChI=1S/C11H15N3O/c15-11(8-13-9-4-5-9)14-7-10-3-1-2-6-12-10/h1-3,6,9,13H,4-5,7-8H2,(H,14,15). The van der Waals surface area contributed by atoms with Gasteiger partial charge in [0, 0.05) is 12.2 Å². The highest BCUT2D eigenvalue weighted by molar-refractivity contribution is 5.77. The highest BCUT2D eigenvalue weighted by Crippen LogP contribution is 2.17. The summed E-state index contributed by atoms with van der Waals surface area (Å²) < 4.78 is 0. The second kappa shape index (κ2) is 4.89. The molecule has 4 heteroatoms. The van der Waals surface area contributed by atoms with Crippen LogP contribution in [0.2, 0.25) is 0 Å². The van der Waals surface area contributed by atoms with Crippen LogP contribution in [0.5, 0.6) is 0 Å². The van der Waals surface area contributed by atoms with Crippen LogP contribution in [0.4, 0.5) is 0 Å². The van der Waals surface area contributed by atoms with Crippen LogP contribution in [0.15, 0.2) is 24.4 Å². The predicted molar refractivity (Wildman–Crippen MR) is 57.1 cm³/mol. The largest absolute Gasteiger partial charge is 0.349 e. The van der Waals surface area contributed by atoms with Gasteiger partial charge in [0.15, 0.2) is 0 Å². The minimum absolute atomic E-state index is 0.0348. The number of hydrogen-bond donors (Lipinski definition) is 2. The number of aromatic nitrogens is 1. The van der Waals surface area contributed by atoms with Gasteiger partial charge in [-0.25, -0.2) is 0 Å². The molecule has 0 radical (unpaired) electrons. The van der Waals surface area contributed by atoms with E-state index in [0.29, 0.717) is 19.1 Å². The maximum absolute atomic E-state index is 11.3. The van der Waals surface area contributed by atoms with Crippen LogP contribution in [0.25, 0.3) is 0 Å². The average molecular weight is 205 g/mol. The van der Waals surface area contributed by atoms with E-state index in [9.17, 15) is 4.79 Å². The summed E-state index contributed by atoms with van der Waals surface area (Å²) in [6, 6.07) is 6.25. The number of nitrogens with zero attached hydrogens (tertiary/aromatic N) is 1. The molecular weight excluding hydrogens is 190 g/mol. The van der Waals surface area contributed by atoms with Gasteiger partial charge in [-0.15, -0.1) is 0 Å². The number of rotatable bonds is 5.